The highest BCUT2D eigenvalue weighted by molar-refractivity contribution is 5.99. The molecule has 4 heteroatoms. The summed E-state index contributed by atoms with van der Waals surface area (Å²) in [5.74, 6) is 0.720. The Bertz CT molecular complexity index is 402. The van der Waals surface area contributed by atoms with Gasteiger partial charge >= 0.3 is 0 Å². The number of hydrogen-bond donors (Lipinski definition) is 2. The molecule has 0 aliphatic carbocycles. The first-order chi connectivity index (χ1) is 7.26. The number of ether oxygens (including phenoxy) is 1. The van der Waals surface area contributed by atoms with Crippen molar-refractivity contribution in [2.75, 3.05) is 14.2 Å². The summed E-state index contributed by atoms with van der Waals surface area (Å²) in [4.78, 5) is 11.5. The monoisotopic (exact) mass is 206 g/mol. The number of carbonyl (C=O) groups excluding carboxylic acids is 1. The van der Waals surface area contributed by atoms with Crippen molar-refractivity contribution < 1.29 is 9.53 Å². The molecule has 1 aromatic carbocycles. The minimum Gasteiger partial charge on any atom is -0.497 e. The van der Waals surface area contributed by atoms with Gasteiger partial charge in [0, 0.05) is 18.7 Å². The largest absolute Gasteiger partial charge is 0.497 e. The number of hydrogen-bond acceptors (Lipinski definition) is 3. The van der Waals surface area contributed by atoms with E-state index in [-0.39, 0.29) is 5.91 Å². The number of nitrogens with one attached hydrogen (secondary N) is 2. The van der Waals surface area contributed by atoms with Crippen molar-refractivity contribution in [3.8, 4) is 5.75 Å². The van der Waals surface area contributed by atoms with E-state index in [2.05, 4.69) is 10.6 Å². The topological polar surface area (TPSA) is 50.4 Å². The number of amides is 1. The lowest BCUT2D eigenvalue weighted by atomic mass is 10.0. The highest BCUT2D eigenvalue weighted by atomic mass is 16.5. The van der Waals surface area contributed by atoms with Crippen molar-refractivity contribution >= 4 is 5.91 Å². The predicted molar refractivity (Wildman–Crippen MR) is 56.9 cm³/mol. The molecule has 0 atom stereocenters. The van der Waals surface area contributed by atoms with E-state index >= 15 is 0 Å². The quantitative estimate of drug-likeness (QED) is 0.763. The second kappa shape index (κ2) is 3.90. The lowest BCUT2D eigenvalue weighted by Gasteiger charge is -2.09. The minimum atomic E-state index is -0.0127. The molecule has 1 aromatic rings. The van der Waals surface area contributed by atoms with Gasteiger partial charge in [0.25, 0.3) is 5.91 Å². The molecule has 1 amide bonds. The lowest BCUT2D eigenvalue weighted by molar-refractivity contribution is 0.0965. The summed E-state index contributed by atoms with van der Waals surface area (Å²) < 4.78 is 5.17. The maximum atomic E-state index is 11.5. The molecular formula is C11H14N2O2. The van der Waals surface area contributed by atoms with E-state index in [4.69, 9.17) is 4.74 Å². The number of carbonyl (C=O) groups is 1. The molecule has 0 aromatic heterocycles. The maximum absolute atomic E-state index is 11.5. The minimum absolute atomic E-state index is 0.0127. The SMILES string of the molecule is CNCc1cc(OC)cc2c1CNC2=O. The van der Waals surface area contributed by atoms with Crippen LogP contribution in [0.3, 0.4) is 0 Å². The Hall–Kier alpha value is -1.55. The smallest absolute Gasteiger partial charge is 0.252 e. The van der Waals surface area contributed by atoms with E-state index in [1.54, 1.807) is 13.2 Å². The number of methoxy groups -OCH3 is 1. The molecule has 0 unspecified atom stereocenters. The zero-order chi connectivity index (χ0) is 10.8. The molecule has 0 bridgehead atoms. The lowest BCUT2D eigenvalue weighted by Crippen LogP contribution is -2.12. The third-order valence-electron chi connectivity index (χ3n) is 2.59. The standard InChI is InChI=1S/C11H14N2O2/c1-12-5-7-3-8(15-2)4-9-10(7)6-13-11(9)14/h3-4,12H,5-6H2,1-2H3,(H,13,14). The van der Waals surface area contributed by atoms with E-state index in [9.17, 15) is 4.79 Å². The molecule has 0 saturated heterocycles. The predicted octanol–water partition coefficient (Wildman–Crippen LogP) is 0.658. The Labute approximate surface area is 88.6 Å². The zero-order valence-corrected chi connectivity index (χ0v) is 8.89. The number of benzene rings is 1. The molecule has 80 valence electrons. The molecule has 15 heavy (non-hydrogen) atoms. The summed E-state index contributed by atoms with van der Waals surface area (Å²) in [6.45, 7) is 1.36. The molecule has 1 aliphatic heterocycles. The Morgan fingerprint density at radius 1 is 1.53 bits per heavy atom. The van der Waals surface area contributed by atoms with Crippen LogP contribution in [0.2, 0.25) is 0 Å². The third-order valence-corrected chi connectivity index (χ3v) is 2.59. The van der Waals surface area contributed by atoms with Crippen molar-refractivity contribution in [3.05, 3.63) is 28.8 Å². The van der Waals surface area contributed by atoms with Crippen LogP contribution in [-0.4, -0.2) is 20.1 Å². The molecule has 1 aliphatic rings. The summed E-state index contributed by atoms with van der Waals surface area (Å²) in [7, 11) is 3.49. The summed E-state index contributed by atoms with van der Waals surface area (Å²) in [6, 6.07) is 3.76. The molecule has 4 nitrogen and oxygen atoms in total. The average Bonchev–Trinajstić information content (AvgIpc) is 2.61. The van der Waals surface area contributed by atoms with Crippen LogP contribution in [0.5, 0.6) is 5.75 Å². The van der Waals surface area contributed by atoms with Crippen LogP contribution in [0.1, 0.15) is 21.5 Å². The van der Waals surface area contributed by atoms with Crippen molar-refractivity contribution in [2.45, 2.75) is 13.1 Å². The number of fused-ring (bicyclic) bond motifs is 1. The summed E-state index contributed by atoms with van der Waals surface area (Å²) >= 11 is 0. The van der Waals surface area contributed by atoms with Gasteiger partial charge in [-0.05, 0) is 30.3 Å². The highest BCUT2D eigenvalue weighted by Crippen LogP contribution is 2.26. The van der Waals surface area contributed by atoms with Crippen LogP contribution in [0.4, 0.5) is 0 Å². The molecule has 0 fully saturated rings. The fraction of sp³-hybridized carbons (Fsp3) is 0.364. The van der Waals surface area contributed by atoms with E-state index in [0.29, 0.717) is 6.54 Å². The molecule has 0 radical (unpaired) electrons. The van der Waals surface area contributed by atoms with Crippen molar-refractivity contribution in [2.24, 2.45) is 0 Å². The third kappa shape index (κ3) is 1.68. The van der Waals surface area contributed by atoms with Crippen LogP contribution in [0, 0.1) is 0 Å². The van der Waals surface area contributed by atoms with E-state index < -0.39 is 0 Å². The summed E-state index contributed by atoms with van der Waals surface area (Å²) in [5.41, 5.74) is 2.93. The first-order valence-electron chi connectivity index (χ1n) is 4.89. The molecule has 2 rings (SSSR count). The second-order valence-electron chi connectivity index (χ2n) is 3.53. The Morgan fingerprint density at radius 2 is 2.33 bits per heavy atom. The van der Waals surface area contributed by atoms with Gasteiger partial charge in [0.2, 0.25) is 0 Å². The summed E-state index contributed by atoms with van der Waals surface area (Å²) in [5, 5.41) is 5.90. The van der Waals surface area contributed by atoms with Gasteiger partial charge in [-0.2, -0.15) is 0 Å². The Morgan fingerprint density at radius 3 is 3.00 bits per heavy atom. The maximum Gasteiger partial charge on any atom is 0.252 e. The molecule has 0 saturated carbocycles. The van der Waals surface area contributed by atoms with Gasteiger partial charge in [0.05, 0.1) is 7.11 Å². The Kier molecular flexibility index (Phi) is 2.60. The first-order valence-corrected chi connectivity index (χ1v) is 4.89. The van der Waals surface area contributed by atoms with Crippen LogP contribution in [0.15, 0.2) is 12.1 Å². The first kappa shape index (κ1) is 9.98. The molecule has 2 N–H and O–H groups in total. The van der Waals surface area contributed by atoms with Gasteiger partial charge < -0.3 is 15.4 Å². The molecular weight excluding hydrogens is 192 g/mol. The van der Waals surface area contributed by atoms with Crippen molar-refractivity contribution in [3.63, 3.8) is 0 Å². The van der Waals surface area contributed by atoms with Crippen LogP contribution in [-0.2, 0) is 13.1 Å². The van der Waals surface area contributed by atoms with Gasteiger partial charge in [-0.1, -0.05) is 0 Å². The Balaban J connectivity index is 2.50. The highest BCUT2D eigenvalue weighted by Gasteiger charge is 2.22. The van der Waals surface area contributed by atoms with E-state index in [1.165, 1.54) is 0 Å². The van der Waals surface area contributed by atoms with Gasteiger partial charge in [0.1, 0.15) is 5.75 Å². The number of rotatable bonds is 3. The molecule has 1 heterocycles. The van der Waals surface area contributed by atoms with Crippen LogP contribution in [0.25, 0.3) is 0 Å². The summed E-state index contributed by atoms with van der Waals surface area (Å²) in [6.07, 6.45) is 0. The van der Waals surface area contributed by atoms with E-state index in [1.807, 2.05) is 13.1 Å². The molecule has 0 spiro atoms. The van der Waals surface area contributed by atoms with Crippen LogP contribution >= 0.6 is 0 Å². The van der Waals surface area contributed by atoms with Crippen molar-refractivity contribution in [1.82, 2.24) is 10.6 Å². The second-order valence-corrected chi connectivity index (χ2v) is 3.53. The fourth-order valence-electron chi connectivity index (χ4n) is 1.84. The van der Waals surface area contributed by atoms with Crippen molar-refractivity contribution in [1.29, 1.82) is 0 Å². The fourth-order valence-corrected chi connectivity index (χ4v) is 1.84. The van der Waals surface area contributed by atoms with E-state index in [0.717, 1.165) is 29.0 Å². The normalized spacial score (nSPS) is 13.6. The zero-order valence-electron chi connectivity index (χ0n) is 8.89. The van der Waals surface area contributed by atoms with Gasteiger partial charge in [-0.3, -0.25) is 4.79 Å². The van der Waals surface area contributed by atoms with Crippen LogP contribution < -0.4 is 15.4 Å². The van der Waals surface area contributed by atoms with Gasteiger partial charge in [0.15, 0.2) is 0 Å². The van der Waals surface area contributed by atoms with Gasteiger partial charge in [-0.25, -0.2) is 0 Å². The van der Waals surface area contributed by atoms with Gasteiger partial charge in [-0.15, -0.1) is 0 Å². The average molecular weight is 206 g/mol.